The summed E-state index contributed by atoms with van der Waals surface area (Å²) in [5.74, 6) is 0.852. The number of carbonyl (C=O) groups excluding carboxylic acids is 1. The van der Waals surface area contributed by atoms with Crippen LogP contribution < -0.4 is 0 Å². The molecule has 1 aliphatic carbocycles. The summed E-state index contributed by atoms with van der Waals surface area (Å²) in [6, 6.07) is 8.89. The molecule has 0 bridgehead atoms. The molecule has 1 fully saturated rings. The van der Waals surface area contributed by atoms with Crippen LogP contribution in [0.15, 0.2) is 61.2 Å². The van der Waals surface area contributed by atoms with Gasteiger partial charge in [0.1, 0.15) is 5.82 Å². The van der Waals surface area contributed by atoms with Gasteiger partial charge in [-0.1, -0.05) is 24.6 Å². The van der Waals surface area contributed by atoms with Crippen LogP contribution in [0.25, 0.3) is 0 Å². The van der Waals surface area contributed by atoms with Gasteiger partial charge in [0, 0.05) is 43.8 Å². The van der Waals surface area contributed by atoms with Gasteiger partial charge in [0.25, 0.3) is 0 Å². The van der Waals surface area contributed by atoms with Gasteiger partial charge in [-0.15, -0.1) is 0 Å². The third-order valence-corrected chi connectivity index (χ3v) is 5.63. The van der Waals surface area contributed by atoms with Crippen LogP contribution in [0.3, 0.4) is 0 Å². The predicted molar refractivity (Wildman–Crippen MR) is 109 cm³/mol. The summed E-state index contributed by atoms with van der Waals surface area (Å²) in [6.07, 6.45) is 5.39. The molecule has 1 aliphatic rings. The highest BCUT2D eigenvalue weighted by Crippen LogP contribution is 2.30. The average Bonchev–Trinajstić information content (AvgIpc) is 3.13. The Bertz CT molecular complexity index is 1010. The summed E-state index contributed by atoms with van der Waals surface area (Å²) in [5.41, 5.74) is 1.00. The predicted octanol–water partition coefficient (Wildman–Crippen LogP) is 4.67. The molecule has 0 N–H and O–H groups in total. The van der Waals surface area contributed by atoms with Crippen LogP contribution in [0, 0.1) is 5.92 Å². The van der Waals surface area contributed by atoms with Gasteiger partial charge in [-0.05, 0) is 42.2 Å². The third-order valence-electron chi connectivity index (χ3n) is 5.63. The molecule has 0 spiro atoms. The van der Waals surface area contributed by atoms with Gasteiger partial charge < -0.3 is 9.47 Å². The SMILES string of the molecule is O=C(C1CCC1)N(Cc1cccnc1)Cc1nccn1Cc1ccc(C(F)(F)F)cc1. The fraction of sp³-hybridized carbons (Fsp3) is 0.348. The van der Waals surface area contributed by atoms with Crippen LogP contribution in [0.5, 0.6) is 0 Å². The smallest absolute Gasteiger partial charge is 0.331 e. The highest BCUT2D eigenvalue weighted by Gasteiger charge is 2.31. The van der Waals surface area contributed by atoms with Crippen molar-refractivity contribution in [3.8, 4) is 0 Å². The Kier molecular flexibility index (Phi) is 6.06. The summed E-state index contributed by atoms with van der Waals surface area (Å²) in [4.78, 5) is 23.4. The monoisotopic (exact) mass is 428 g/mol. The lowest BCUT2D eigenvalue weighted by atomic mass is 9.84. The standard InChI is InChI=1S/C23H23F3N4O/c24-23(25,26)20-8-6-17(7-9-20)14-29-12-11-28-21(29)16-30(22(31)19-4-1-5-19)15-18-3-2-10-27-13-18/h2-3,6-13,19H,1,4-5,14-16H2. The number of carbonyl (C=O) groups is 1. The molecule has 0 atom stereocenters. The number of nitrogens with zero attached hydrogens (tertiary/aromatic N) is 4. The van der Waals surface area contributed by atoms with E-state index >= 15 is 0 Å². The zero-order valence-electron chi connectivity index (χ0n) is 16.9. The highest BCUT2D eigenvalue weighted by molar-refractivity contribution is 5.79. The molecular weight excluding hydrogens is 405 g/mol. The Morgan fingerprint density at radius 2 is 1.84 bits per heavy atom. The molecule has 31 heavy (non-hydrogen) atoms. The number of pyridine rings is 1. The number of amides is 1. The number of aromatic nitrogens is 3. The van der Waals surface area contributed by atoms with Crippen molar-refractivity contribution in [2.45, 2.75) is 45.1 Å². The average molecular weight is 428 g/mol. The molecule has 1 saturated carbocycles. The fourth-order valence-corrected chi connectivity index (χ4v) is 3.64. The molecule has 0 saturated heterocycles. The zero-order valence-corrected chi connectivity index (χ0v) is 16.9. The molecule has 5 nitrogen and oxygen atoms in total. The minimum Gasteiger partial charge on any atom is -0.331 e. The molecule has 8 heteroatoms. The molecule has 2 heterocycles. The second-order valence-corrected chi connectivity index (χ2v) is 7.85. The number of halogens is 3. The first kappa shape index (κ1) is 21.1. The van der Waals surface area contributed by atoms with Crippen LogP contribution in [0.4, 0.5) is 13.2 Å². The maximum Gasteiger partial charge on any atom is 0.416 e. The molecule has 0 unspecified atom stereocenters. The molecule has 0 aliphatic heterocycles. The lowest BCUT2D eigenvalue weighted by molar-refractivity contribution is -0.139. The lowest BCUT2D eigenvalue weighted by Crippen LogP contribution is -2.38. The van der Waals surface area contributed by atoms with Gasteiger partial charge in [0.2, 0.25) is 5.91 Å². The van der Waals surface area contributed by atoms with Crippen molar-refractivity contribution >= 4 is 5.91 Å². The Morgan fingerprint density at radius 1 is 1.06 bits per heavy atom. The van der Waals surface area contributed by atoms with Crippen molar-refractivity contribution in [1.82, 2.24) is 19.4 Å². The van der Waals surface area contributed by atoms with E-state index in [2.05, 4.69) is 9.97 Å². The summed E-state index contributed by atoms with van der Waals surface area (Å²) >= 11 is 0. The maximum atomic E-state index is 13.0. The van der Waals surface area contributed by atoms with E-state index in [9.17, 15) is 18.0 Å². The van der Waals surface area contributed by atoms with Crippen molar-refractivity contribution < 1.29 is 18.0 Å². The second kappa shape index (κ2) is 8.91. The number of alkyl halides is 3. The van der Waals surface area contributed by atoms with E-state index in [1.165, 1.54) is 12.1 Å². The van der Waals surface area contributed by atoms with Crippen LogP contribution in [-0.2, 0) is 30.6 Å². The molecule has 3 aromatic rings. The van der Waals surface area contributed by atoms with E-state index in [1.807, 2.05) is 16.7 Å². The van der Waals surface area contributed by atoms with Gasteiger partial charge in [-0.2, -0.15) is 13.2 Å². The van der Waals surface area contributed by atoms with Crippen LogP contribution in [0.2, 0.25) is 0 Å². The third kappa shape index (κ3) is 5.13. The van der Waals surface area contributed by atoms with E-state index in [-0.39, 0.29) is 11.8 Å². The summed E-state index contributed by atoms with van der Waals surface area (Å²) < 4.78 is 40.3. The fourth-order valence-electron chi connectivity index (χ4n) is 3.64. The Morgan fingerprint density at radius 3 is 2.45 bits per heavy atom. The molecular formula is C23H23F3N4O. The molecule has 1 aromatic carbocycles. The number of hydrogen-bond acceptors (Lipinski definition) is 3. The van der Waals surface area contributed by atoms with Crippen molar-refractivity contribution in [2.75, 3.05) is 0 Å². The van der Waals surface area contributed by atoms with Gasteiger partial charge in [0.05, 0.1) is 12.1 Å². The van der Waals surface area contributed by atoms with Crippen molar-refractivity contribution in [3.05, 3.63) is 83.7 Å². The van der Waals surface area contributed by atoms with E-state index in [0.29, 0.717) is 25.5 Å². The minimum absolute atomic E-state index is 0.0509. The zero-order chi connectivity index (χ0) is 21.8. The Hall–Kier alpha value is -3.16. The van der Waals surface area contributed by atoms with Gasteiger partial charge in [-0.25, -0.2) is 4.98 Å². The van der Waals surface area contributed by atoms with Gasteiger partial charge in [-0.3, -0.25) is 9.78 Å². The lowest BCUT2D eigenvalue weighted by Gasteiger charge is -2.31. The number of rotatable bonds is 7. The van der Waals surface area contributed by atoms with Crippen molar-refractivity contribution in [3.63, 3.8) is 0 Å². The van der Waals surface area contributed by atoms with Crippen LogP contribution in [0.1, 0.15) is 41.8 Å². The van der Waals surface area contributed by atoms with Gasteiger partial charge in [0.15, 0.2) is 0 Å². The van der Waals surface area contributed by atoms with E-state index < -0.39 is 11.7 Å². The number of hydrogen-bond donors (Lipinski definition) is 0. The molecule has 162 valence electrons. The van der Waals surface area contributed by atoms with E-state index in [0.717, 1.165) is 42.5 Å². The van der Waals surface area contributed by atoms with Crippen molar-refractivity contribution in [2.24, 2.45) is 5.92 Å². The molecule has 0 radical (unpaired) electrons. The Labute approximate surface area is 178 Å². The largest absolute Gasteiger partial charge is 0.416 e. The van der Waals surface area contributed by atoms with E-state index in [4.69, 9.17) is 0 Å². The maximum absolute atomic E-state index is 13.0. The molecule has 4 rings (SSSR count). The van der Waals surface area contributed by atoms with Crippen LogP contribution in [-0.4, -0.2) is 25.3 Å². The van der Waals surface area contributed by atoms with E-state index in [1.54, 1.807) is 29.7 Å². The molecule has 1 amide bonds. The topological polar surface area (TPSA) is 51.0 Å². The normalized spacial score (nSPS) is 14.3. The van der Waals surface area contributed by atoms with Crippen LogP contribution >= 0.6 is 0 Å². The Balaban J connectivity index is 1.50. The summed E-state index contributed by atoms with van der Waals surface area (Å²) in [6.45, 7) is 1.15. The summed E-state index contributed by atoms with van der Waals surface area (Å²) in [7, 11) is 0. The first-order valence-corrected chi connectivity index (χ1v) is 10.2. The molecule has 2 aromatic heterocycles. The van der Waals surface area contributed by atoms with Gasteiger partial charge >= 0.3 is 6.18 Å². The van der Waals surface area contributed by atoms with Crippen molar-refractivity contribution in [1.29, 1.82) is 0 Å². The minimum atomic E-state index is -4.35. The number of imidazole rings is 1. The second-order valence-electron chi connectivity index (χ2n) is 7.85. The highest BCUT2D eigenvalue weighted by atomic mass is 19.4. The first-order chi connectivity index (χ1) is 14.9. The first-order valence-electron chi connectivity index (χ1n) is 10.2. The number of benzene rings is 1. The quantitative estimate of drug-likeness (QED) is 0.549. The summed E-state index contributed by atoms with van der Waals surface area (Å²) in [5, 5.41) is 0.